The Morgan fingerprint density at radius 1 is 1.35 bits per heavy atom. The van der Waals surface area contributed by atoms with Crippen molar-refractivity contribution in [2.45, 2.75) is 45.3 Å². The van der Waals surface area contributed by atoms with Crippen LogP contribution in [-0.2, 0) is 10.8 Å². The molecular weight excluding hydrogens is 313 g/mol. The minimum atomic E-state index is -1.88. The molecule has 0 amide bonds. The van der Waals surface area contributed by atoms with Crippen molar-refractivity contribution in [1.29, 1.82) is 0 Å². The summed E-state index contributed by atoms with van der Waals surface area (Å²) in [4.78, 5) is 14.2. The second-order valence-electron chi connectivity index (χ2n) is 7.33. The van der Waals surface area contributed by atoms with Crippen LogP contribution in [0.3, 0.4) is 0 Å². The highest BCUT2D eigenvalue weighted by Crippen LogP contribution is 2.36. The van der Waals surface area contributed by atoms with Gasteiger partial charge < -0.3 is 14.5 Å². The molecule has 0 saturated carbocycles. The molecule has 2 N–H and O–H groups in total. The Bertz CT molecular complexity index is 731. The van der Waals surface area contributed by atoms with Crippen molar-refractivity contribution in [3.05, 3.63) is 35.3 Å². The fourth-order valence-electron chi connectivity index (χ4n) is 2.29. The number of aromatic amines is 1. The summed E-state index contributed by atoms with van der Waals surface area (Å²) in [6.45, 7) is 11.3. The lowest BCUT2D eigenvalue weighted by Crippen LogP contribution is -2.41. The van der Waals surface area contributed by atoms with Crippen molar-refractivity contribution in [1.82, 2.24) is 4.98 Å². The molecule has 0 aliphatic heterocycles. The van der Waals surface area contributed by atoms with Crippen LogP contribution in [0.25, 0.3) is 10.9 Å². The van der Waals surface area contributed by atoms with E-state index in [0.29, 0.717) is 24.1 Å². The number of halogens is 1. The molecule has 2 aromatic rings. The highest BCUT2D eigenvalue weighted by Gasteiger charge is 2.37. The van der Waals surface area contributed by atoms with Gasteiger partial charge in [0.2, 0.25) is 0 Å². The molecule has 1 heterocycles. The molecule has 0 bridgehead atoms. The average Bonchev–Trinajstić information content (AvgIpc) is 2.75. The molecule has 0 fully saturated rings. The first-order valence-corrected chi connectivity index (χ1v) is 10.6. The fourth-order valence-corrected chi connectivity index (χ4v) is 3.34. The summed E-state index contributed by atoms with van der Waals surface area (Å²) >= 11 is 0. The topological polar surface area (TPSA) is 62.3 Å². The zero-order valence-corrected chi connectivity index (χ0v) is 15.3. The number of carboxylic acids is 1. The molecule has 1 aromatic heterocycles. The second kappa shape index (κ2) is 6.09. The van der Waals surface area contributed by atoms with Crippen molar-refractivity contribution < 1.29 is 18.7 Å². The van der Waals surface area contributed by atoms with E-state index in [1.165, 1.54) is 12.1 Å². The Labute approximate surface area is 136 Å². The van der Waals surface area contributed by atoms with Crippen LogP contribution in [0.5, 0.6) is 0 Å². The number of benzene rings is 1. The van der Waals surface area contributed by atoms with Crippen LogP contribution in [0.2, 0.25) is 18.1 Å². The van der Waals surface area contributed by atoms with E-state index in [1.807, 2.05) is 0 Å². The third-order valence-corrected chi connectivity index (χ3v) is 9.24. The maximum absolute atomic E-state index is 13.3. The molecule has 4 nitrogen and oxygen atoms in total. The maximum Gasteiger partial charge on any atom is 0.352 e. The molecule has 0 aliphatic rings. The highest BCUT2D eigenvalue weighted by molar-refractivity contribution is 6.74. The summed E-state index contributed by atoms with van der Waals surface area (Å²) in [6.07, 6.45) is 0.486. The number of rotatable bonds is 5. The molecule has 6 heteroatoms. The van der Waals surface area contributed by atoms with Gasteiger partial charge in [-0.1, -0.05) is 20.8 Å². The lowest BCUT2D eigenvalue weighted by Gasteiger charge is -2.36. The van der Waals surface area contributed by atoms with Gasteiger partial charge in [0.1, 0.15) is 11.5 Å². The smallest absolute Gasteiger partial charge is 0.352 e. The molecule has 0 spiro atoms. The van der Waals surface area contributed by atoms with E-state index < -0.39 is 14.3 Å². The summed E-state index contributed by atoms with van der Waals surface area (Å²) in [5.74, 6) is -1.43. The van der Waals surface area contributed by atoms with Crippen molar-refractivity contribution in [2.24, 2.45) is 0 Å². The summed E-state index contributed by atoms with van der Waals surface area (Å²) in [5.41, 5.74) is 1.29. The van der Waals surface area contributed by atoms with Gasteiger partial charge in [-0.3, -0.25) is 0 Å². The molecule has 1 aromatic carbocycles. The van der Waals surface area contributed by atoms with E-state index in [4.69, 9.17) is 4.43 Å². The number of aromatic carboxylic acids is 1. The van der Waals surface area contributed by atoms with Crippen LogP contribution in [0.1, 0.15) is 36.8 Å². The predicted octanol–water partition coefficient (Wildman–Crippen LogP) is 4.57. The van der Waals surface area contributed by atoms with Crippen LogP contribution in [0.4, 0.5) is 4.39 Å². The number of H-pyrrole nitrogens is 1. The molecule has 0 saturated heterocycles. The second-order valence-corrected chi connectivity index (χ2v) is 12.1. The zero-order chi connectivity index (χ0) is 17.4. The Balaban J connectivity index is 2.26. The van der Waals surface area contributed by atoms with Crippen molar-refractivity contribution >= 4 is 25.2 Å². The van der Waals surface area contributed by atoms with E-state index >= 15 is 0 Å². The quantitative estimate of drug-likeness (QED) is 0.786. The van der Waals surface area contributed by atoms with E-state index in [9.17, 15) is 14.3 Å². The lowest BCUT2D eigenvalue weighted by molar-refractivity contribution is 0.0690. The summed E-state index contributed by atoms with van der Waals surface area (Å²) in [5, 5.41) is 10.2. The predicted molar refractivity (Wildman–Crippen MR) is 92.1 cm³/mol. The first-order chi connectivity index (χ1) is 10.5. The zero-order valence-electron chi connectivity index (χ0n) is 14.3. The number of carbonyl (C=O) groups is 1. The molecular formula is C17H24FNO3Si. The molecule has 2 rings (SSSR count). The molecule has 0 atom stereocenters. The van der Waals surface area contributed by atoms with E-state index in [-0.39, 0.29) is 16.5 Å². The van der Waals surface area contributed by atoms with Gasteiger partial charge in [0.05, 0.1) is 0 Å². The number of carboxylic acid groups (broad SMARTS) is 1. The Hall–Kier alpha value is -1.66. The Morgan fingerprint density at radius 3 is 2.57 bits per heavy atom. The van der Waals surface area contributed by atoms with E-state index in [0.717, 1.165) is 5.39 Å². The largest absolute Gasteiger partial charge is 0.477 e. The monoisotopic (exact) mass is 337 g/mol. The van der Waals surface area contributed by atoms with Crippen molar-refractivity contribution in [3.63, 3.8) is 0 Å². The van der Waals surface area contributed by atoms with Gasteiger partial charge in [-0.15, -0.1) is 0 Å². The third kappa shape index (κ3) is 3.64. The SMILES string of the molecule is CC(C)(C)[Si](C)(C)OCCc1c(C(=O)O)[nH]c2cc(F)ccc12. The van der Waals surface area contributed by atoms with E-state index in [1.54, 1.807) is 6.07 Å². The van der Waals surface area contributed by atoms with Crippen LogP contribution >= 0.6 is 0 Å². The molecule has 0 unspecified atom stereocenters. The maximum atomic E-state index is 13.3. The Kier molecular flexibility index (Phi) is 4.68. The summed E-state index contributed by atoms with van der Waals surface area (Å²) in [6, 6.07) is 4.29. The Morgan fingerprint density at radius 2 is 2.00 bits per heavy atom. The van der Waals surface area contributed by atoms with Gasteiger partial charge in [0.15, 0.2) is 8.32 Å². The summed E-state index contributed by atoms with van der Waals surface area (Å²) < 4.78 is 19.5. The fraction of sp³-hybridized carbons (Fsp3) is 0.471. The van der Waals surface area contributed by atoms with Gasteiger partial charge in [-0.2, -0.15) is 0 Å². The molecule has 126 valence electrons. The normalized spacial score (nSPS) is 12.8. The number of fused-ring (bicyclic) bond motifs is 1. The first kappa shape index (κ1) is 17.7. The molecule has 23 heavy (non-hydrogen) atoms. The van der Waals surface area contributed by atoms with E-state index in [2.05, 4.69) is 38.8 Å². The van der Waals surface area contributed by atoms with Crippen LogP contribution in [0, 0.1) is 5.82 Å². The van der Waals surface area contributed by atoms with Crippen LogP contribution in [0.15, 0.2) is 18.2 Å². The minimum absolute atomic E-state index is 0.103. The van der Waals surface area contributed by atoms with Gasteiger partial charge >= 0.3 is 5.97 Å². The number of hydrogen-bond acceptors (Lipinski definition) is 2. The highest BCUT2D eigenvalue weighted by atomic mass is 28.4. The standard InChI is InChI=1S/C17H24FNO3Si/c1-17(2,3)23(4,5)22-9-8-13-12-7-6-11(18)10-14(12)19-15(13)16(20)21/h6-7,10,19H,8-9H2,1-5H3,(H,20,21). The lowest BCUT2D eigenvalue weighted by atomic mass is 10.1. The number of hydrogen-bond donors (Lipinski definition) is 2. The molecule has 0 radical (unpaired) electrons. The first-order valence-electron chi connectivity index (χ1n) is 7.70. The van der Waals surface area contributed by atoms with Gasteiger partial charge in [-0.05, 0) is 48.3 Å². The van der Waals surface area contributed by atoms with Gasteiger partial charge in [0, 0.05) is 17.5 Å². The van der Waals surface area contributed by atoms with Gasteiger partial charge in [-0.25, -0.2) is 9.18 Å². The number of nitrogens with one attached hydrogen (secondary N) is 1. The third-order valence-electron chi connectivity index (χ3n) is 4.70. The van der Waals surface area contributed by atoms with Gasteiger partial charge in [0.25, 0.3) is 0 Å². The summed E-state index contributed by atoms with van der Waals surface area (Å²) in [7, 11) is -1.88. The average molecular weight is 337 g/mol. The minimum Gasteiger partial charge on any atom is -0.477 e. The molecule has 0 aliphatic carbocycles. The van der Waals surface area contributed by atoms with Crippen molar-refractivity contribution in [2.75, 3.05) is 6.61 Å². The number of aromatic nitrogens is 1. The van der Waals surface area contributed by atoms with Crippen LogP contribution < -0.4 is 0 Å². The van der Waals surface area contributed by atoms with Crippen LogP contribution in [-0.4, -0.2) is 31.0 Å². The van der Waals surface area contributed by atoms with Crippen molar-refractivity contribution in [3.8, 4) is 0 Å².